The summed E-state index contributed by atoms with van der Waals surface area (Å²) < 4.78 is 13.3. The van der Waals surface area contributed by atoms with Gasteiger partial charge in [0.15, 0.2) is 5.82 Å². The number of aromatic nitrogens is 5. The third-order valence-corrected chi connectivity index (χ3v) is 5.35. The normalized spacial score (nSPS) is 19.2. The van der Waals surface area contributed by atoms with Crippen LogP contribution in [0.2, 0.25) is 0 Å². The standard InChI is InChI=1S/C20H22FN7/c1-12-22-19(24-18-11-16(26-27-18)13-4-5-13)25-20(23-12)28-10-2-3-17(28)14-6-8-15(21)9-7-14/h6-9,11,13,17H,2-5,10H2,1H3,(H2,22,23,24,25,26,27). The Bertz CT molecular complexity index is 980. The van der Waals surface area contributed by atoms with Gasteiger partial charge in [0.25, 0.3) is 0 Å². The van der Waals surface area contributed by atoms with E-state index >= 15 is 0 Å². The maximum atomic E-state index is 13.3. The van der Waals surface area contributed by atoms with Crippen molar-refractivity contribution in [3.05, 3.63) is 53.2 Å². The molecule has 144 valence electrons. The number of anilines is 3. The molecule has 0 amide bonds. The fourth-order valence-electron chi connectivity index (χ4n) is 3.81. The summed E-state index contributed by atoms with van der Waals surface area (Å²) in [5.74, 6) is 2.88. The van der Waals surface area contributed by atoms with E-state index in [1.807, 2.05) is 25.1 Å². The topological polar surface area (TPSA) is 82.6 Å². The van der Waals surface area contributed by atoms with Crippen LogP contribution in [-0.4, -0.2) is 31.7 Å². The van der Waals surface area contributed by atoms with Crippen LogP contribution in [0.5, 0.6) is 0 Å². The van der Waals surface area contributed by atoms with Gasteiger partial charge >= 0.3 is 0 Å². The van der Waals surface area contributed by atoms with Crippen LogP contribution < -0.4 is 10.2 Å². The molecular weight excluding hydrogens is 357 g/mol. The third-order valence-electron chi connectivity index (χ3n) is 5.35. The Kier molecular flexibility index (Phi) is 4.18. The predicted molar refractivity (Wildman–Crippen MR) is 104 cm³/mol. The number of aryl methyl sites for hydroxylation is 1. The Labute approximate surface area is 162 Å². The minimum atomic E-state index is -0.222. The van der Waals surface area contributed by atoms with E-state index in [4.69, 9.17) is 0 Å². The highest BCUT2D eigenvalue weighted by molar-refractivity contribution is 5.51. The molecule has 3 heterocycles. The molecule has 7 nitrogen and oxygen atoms in total. The van der Waals surface area contributed by atoms with E-state index in [1.165, 1.54) is 25.0 Å². The zero-order valence-electron chi connectivity index (χ0n) is 15.7. The van der Waals surface area contributed by atoms with Crippen LogP contribution in [-0.2, 0) is 0 Å². The summed E-state index contributed by atoms with van der Waals surface area (Å²) in [4.78, 5) is 15.8. The summed E-state index contributed by atoms with van der Waals surface area (Å²) in [7, 11) is 0. The second-order valence-corrected chi connectivity index (χ2v) is 7.52. The molecule has 2 N–H and O–H groups in total. The highest BCUT2D eigenvalue weighted by Crippen LogP contribution is 2.39. The van der Waals surface area contributed by atoms with E-state index in [0.717, 1.165) is 36.5 Å². The molecule has 1 saturated carbocycles. The van der Waals surface area contributed by atoms with E-state index < -0.39 is 0 Å². The van der Waals surface area contributed by atoms with Crippen molar-refractivity contribution in [2.45, 2.75) is 44.6 Å². The van der Waals surface area contributed by atoms with E-state index in [9.17, 15) is 4.39 Å². The second kappa shape index (κ2) is 6.85. The highest BCUT2D eigenvalue weighted by Gasteiger charge is 2.29. The van der Waals surface area contributed by atoms with Crippen molar-refractivity contribution in [2.24, 2.45) is 0 Å². The van der Waals surface area contributed by atoms with Gasteiger partial charge in [-0.05, 0) is 50.3 Å². The lowest BCUT2D eigenvalue weighted by molar-refractivity contribution is 0.623. The summed E-state index contributed by atoms with van der Waals surface area (Å²) in [5.41, 5.74) is 2.23. The number of H-pyrrole nitrogens is 1. The van der Waals surface area contributed by atoms with Gasteiger partial charge in [0.2, 0.25) is 11.9 Å². The predicted octanol–water partition coefficient (Wildman–Crippen LogP) is 4.00. The van der Waals surface area contributed by atoms with E-state index in [1.54, 1.807) is 0 Å². The number of nitrogens with zero attached hydrogens (tertiary/aromatic N) is 5. The highest BCUT2D eigenvalue weighted by atomic mass is 19.1. The summed E-state index contributed by atoms with van der Waals surface area (Å²) >= 11 is 0. The van der Waals surface area contributed by atoms with Crippen LogP contribution in [0.15, 0.2) is 30.3 Å². The number of nitrogens with one attached hydrogen (secondary N) is 2. The molecule has 1 aliphatic heterocycles. The van der Waals surface area contributed by atoms with Gasteiger partial charge in [0.1, 0.15) is 11.6 Å². The quantitative estimate of drug-likeness (QED) is 0.697. The Morgan fingerprint density at radius 1 is 1.11 bits per heavy atom. The van der Waals surface area contributed by atoms with Gasteiger partial charge in [0.05, 0.1) is 6.04 Å². The fraction of sp³-hybridized carbons (Fsp3) is 0.400. The molecule has 28 heavy (non-hydrogen) atoms. The Morgan fingerprint density at radius 3 is 2.71 bits per heavy atom. The zero-order valence-corrected chi connectivity index (χ0v) is 15.7. The van der Waals surface area contributed by atoms with Crippen LogP contribution >= 0.6 is 0 Å². The smallest absolute Gasteiger partial charge is 0.233 e. The number of aromatic amines is 1. The first-order valence-electron chi connectivity index (χ1n) is 9.73. The van der Waals surface area contributed by atoms with Gasteiger partial charge < -0.3 is 10.2 Å². The average Bonchev–Trinajstić information content (AvgIpc) is 3.22. The number of rotatable bonds is 5. The first-order valence-corrected chi connectivity index (χ1v) is 9.73. The molecule has 1 atom stereocenters. The molecular formula is C20H22FN7. The molecule has 3 aromatic rings. The van der Waals surface area contributed by atoms with Gasteiger partial charge in [0, 0.05) is 24.2 Å². The Hall–Kier alpha value is -3.03. The van der Waals surface area contributed by atoms with Crippen LogP contribution in [0, 0.1) is 12.7 Å². The molecule has 0 spiro atoms. The maximum absolute atomic E-state index is 13.3. The van der Waals surface area contributed by atoms with Crippen molar-refractivity contribution in [1.29, 1.82) is 0 Å². The molecule has 1 aliphatic carbocycles. The van der Waals surface area contributed by atoms with E-state index in [-0.39, 0.29) is 11.9 Å². The molecule has 2 aromatic heterocycles. The summed E-state index contributed by atoms with van der Waals surface area (Å²) in [5, 5.41) is 10.6. The summed E-state index contributed by atoms with van der Waals surface area (Å²) in [6.07, 6.45) is 4.47. The van der Waals surface area contributed by atoms with Crippen LogP contribution in [0.25, 0.3) is 0 Å². The molecule has 1 unspecified atom stereocenters. The van der Waals surface area contributed by atoms with Gasteiger partial charge in [-0.1, -0.05) is 12.1 Å². The largest absolute Gasteiger partial charge is 0.334 e. The minimum absolute atomic E-state index is 0.141. The molecule has 8 heteroatoms. The van der Waals surface area contributed by atoms with Crippen molar-refractivity contribution in [3.8, 4) is 0 Å². The summed E-state index contributed by atoms with van der Waals surface area (Å²) in [6, 6.07) is 8.86. The molecule has 5 rings (SSSR count). The summed E-state index contributed by atoms with van der Waals surface area (Å²) in [6.45, 7) is 2.72. The molecule has 1 saturated heterocycles. The van der Waals surface area contributed by atoms with Crippen molar-refractivity contribution in [3.63, 3.8) is 0 Å². The number of halogens is 1. The minimum Gasteiger partial charge on any atom is -0.334 e. The zero-order chi connectivity index (χ0) is 19.1. The van der Waals surface area contributed by atoms with Gasteiger partial charge in [-0.2, -0.15) is 20.1 Å². The average molecular weight is 379 g/mol. The van der Waals surface area contributed by atoms with Crippen molar-refractivity contribution in [1.82, 2.24) is 25.1 Å². The monoisotopic (exact) mass is 379 g/mol. The lowest BCUT2D eigenvalue weighted by atomic mass is 10.0. The number of hydrogen-bond acceptors (Lipinski definition) is 6. The van der Waals surface area contributed by atoms with Gasteiger partial charge in [-0.3, -0.25) is 5.10 Å². The maximum Gasteiger partial charge on any atom is 0.233 e. The van der Waals surface area contributed by atoms with Crippen molar-refractivity contribution >= 4 is 17.7 Å². The van der Waals surface area contributed by atoms with Crippen molar-refractivity contribution < 1.29 is 4.39 Å². The number of hydrogen-bond donors (Lipinski definition) is 2. The molecule has 0 bridgehead atoms. The molecule has 0 radical (unpaired) electrons. The Morgan fingerprint density at radius 2 is 1.93 bits per heavy atom. The lowest BCUT2D eigenvalue weighted by Gasteiger charge is -2.25. The van der Waals surface area contributed by atoms with Gasteiger partial charge in [-0.25, -0.2) is 4.39 Å². The fourth-order valence-corrected chi connectivity index (χ4v) is 3.81. The van der Waals surface area contributed by atoms with E-state index in [0.29, 0.717) is 23.6 Å². The third kappa shape index (κ3) is 3.42. The number of benzene rings is 1. The second-order valence-electron chi connectivity index (χ2n) is 7.52. The first-order chi connectivity index (χ1) is 13.7. The molecule has 2 aliphatic rings. The SMILES string of the molecule is Cc1nc(Nc2cc(C3CC3)[nH]n2)nc(N2CCCC2c2ccc(F)cc2)n1. The van der Waals surface area contributed by atoms with Gasteiger partial charge in [-0.15, -0.1) is 0 Å². The molecule has 2 fully saturated rings. The Balaban J connectivity index is 1.40. The van der Waals surface area contributed by atoms with Crippen LogP contribution in [0.3, 0.4) is 0 Å². The van der Waals surface area contributed by atoms with Crippen LogP contribution in [0.1, 0.15) is 54.7 Å². The van der Waals surface area contributed by atoms with Crippen molar-refractivity contribution in [2.75, 3.05) is 16.8 Å². The van der Waals surface area contributed by atoms with Crippen LogP contribution in [0.4, 0.5) is 22.1 Å². The molecule has 1 aromatic carbocycles. The lowest BCUT2D eigenvalue weighted by Crippen LogP contribution is -2.25. The van der Waals surface area contributed by atoms with E-state index in [2.05, 4.69) is 35.4 Å². The first kappa shape index (κ1) is 17.1.